The van der Waals surface area contributed by atoms with Crippen molar-refractivity contribution in [2.45, 2.75) is 44.6 Å². The SMILES string of the molecule is CCS(=O)(=O)N(c1cc(Nc2ccc(C3CCOCC3)cc2)ncc1C(N)=O)C1CCNCC1. The molecule has 3 heterocycles. The molecule has 0 atom stereocenters. The average molecular weight is 488 g/mol. The lowest BCUT2D eigenvalue weighted by Crippen LogP contribution is -2.47. The number of primary amides is 1. The molecule has 2 saturated heterocycles. The summed E-state index contributed by atoms with van der Waals surface area (Å²) in [6, 6.07) is 9.53. The van der Waals surface area contributed by atoms with E-state index in [1.54, 1.807) is 13.0 Å². The molecular formula is C24H33N5O4S. The molecule has 0 spiro atoms. The fourth-order valence-electron chi connectivity index (χ4n) is 4.66. The summed E-state index contributed by atoms with van der Waals surface area (Å²) in [4.78, 5) is 16.5. The number of hydrogen-bond acceptors (Lipinski definition) is 7. The van der Waals surface area contributed by atoms with Gasteiger partial charge in [0.1, 0.15) is 5.82 Å². The maximum Gasteiger partial charge on any atom is 0.252 e. The third kappa shape index (κ3) is 5.51. The second-order valence-corrected chi connectivity index (χ2v) is 10.9. The summed E-state index contributed by atoms with van der Waals surface area (Å²) in [5, 5.41) is 6.50. The molecule has 4 rings (SSSR count). The normalized spacial score (nSPS) is 17.9. The van der Waals surface area contributed by atoms with Gasteiger partial charge in [0.15, 0.2) is 0 Å². The van der Waals surface area contributed by atoms with Crippen molar-refractivity contribution in [1.82, 2.24) is 10.3 Å². The van der Waals surface area contributed by atoms with Gasteiger partial charge >= 0.3 is 0 Å². The van der Waals surface area contributed by atoms with Crippen molar-refractivity contribution >= 4 is 33.1 Å². The lowest BCUT2D eigenvalue weighted by Gasteiger charge is -2.36. The van der Waals surface area contributed by atoms with E-state index in [1.807, 2.05) is 12.1 Å². The van der Waals surface area contributed by atoms with Crippen molar-refractivity contribution in [3.63, 3.8) is 0 Å². The van der Waals surface area contributed by atoms with Gasteiger partial charge in [-0.2, -0.15) is 0 Å². The van der Waals surface area contributed by atoms with E-state index >= 15 is 0 Å². The third-order valence-electron chi connectivity index (χ3n) is 6.57. The van der Waals surface area contributed by atoms with Crippen LogP contribution in [-0.4, -0.2) is 57.4 Å². The number of carbonyl (C=O) groups is 1. The Balaban J connectivity index is 1.64. The van der Waals surface area contributed by atoms with Crippen LogP contribution >= 0.6 is 0 Å². The van der Waals surface area contributed by atoms with Crippen LogP contribution in [0.5, 0.6) is 0 Å². The largest absolute Gasteiger partial charge is 0.381 e. The van der Waals surface area contributed by atoms with Crippen LogP contribution in [0, 0.1) is 0 Å². The fourth-order valence-corrected chi connectivity index (χ4v) is 6.05. The minimum absolute atomic E-state index is 0.0755. The zero-order valence-electron chi connectivity index (χ0n) is 19.5. The van der Waals surface area contributed by atoms with Gasteiger partial charge in [-0.3, -0.25) is 9.10 Å². The zero-order valence-corrected chi connectivity index (χ0v) is 20.3. The topological polar surface area (TPSA) is 127 Å². The van der Waals surface area contributed by atoms with E-state index in [-0.39, 0.29) is 23.0 Å². The number of carbonyl (C=O) groups excluding carboxylic acids is 1. The Labute approximate surface area is 201 Å². The number of benzene rings is 1. The van der Waals surface area contributed by atoms with Crippen LogP contribution in [0.3, 0.4) is 0 Å². The smallest absolute Gasteiger partial charge is 0.252 e. The van der Waals surface area contributed by atoms with Gasteiger partial charge in [0.2, 0.25) is 10.0 Å². The van der Waals surface area contributed by atoms with Crippen LogP contribution in [-0.2, 0) is 14.8 Å². The van der Waals surface area contributed by atoms with E-state index in [0.717, 1.165) is 31.7 Å². The predicted octanol–water partition coefficient (Wildman–Crippen LogP) is 2.73. The zero-order chi connectivity index (χ0) is 24.1. The molecule has 0 unspecified atom stereocenters. The number of sulfonamides is 1. The second kappa shape index (κ2) is 10.7. The second-order valence-electron chi connectivity index (χ2n) is 8.76. The van der Waals surface area contributed by atoms with Crippen molar-refractivity contribution in [3.05, 3.63) is 47.7 Å². The molecule has 0 aliphatic carbocycles. The Morgan fingerprint density at radius 2 is 1.85 bits per heavy atom. The van der Waals surface area contributed by atoms with Crippen LogP contribution in [0.4, 0.5) is 17.2 Å². The molecule has 2 aromatic rings. The summed E-state index contributed by atoms with van der Waals surface area (Å²) in [5.41, 5.74) is 8.09. The summed E-state index contributed by atoms with van der Waals surface area (Å²) >= 11 is 0. The molecule has 0 bridgehead atoms. The summed E-state index contributed by atoms with van der Waals surface area (Å²) in [6.07, 6.45) is 4.69. The number of aromatic nitrogens is 1. The number of ether oxygens (including phenoxy) is 1. The standard InChI is InChI=1S/C24H33N5O4S/c1-2-34(31,32)29(20-7-11-26-12-8-20)22-15-23(27-16-21(22)24(25)30)28-19-5-3-17(4-6-19)18-9-13-33-14-10-18/h3-6,15-16,18,20,26H,2,7-14H2,1H3,(H2,25,30)(H,27,28). The van der Waals surface area contributed by atoms with Gasteiger partial charge in [0, 0.05) is 37.2 Å². The number of anilines is 3. The van der Waals surface area contributed by atoms with Gasteiger partial charge in [-0.05, 0) is 69.3 Å². The summed E-state index contributed by atoms with van der Waals surface area (Å²) in [6.45, 7) is 4.60. The third-order valence-corrected chi connectivity index (χ3v) is 8.39. The van der Waals surface area contributed by atoms with Gasteiger partial charge in [-0.1, -0.05) is 12.1 Å². The number of amides is 1. The molecule has 9 nitrogen and oxygen atoms in total. The first-order chi connectivity index (χ1) is 16.4. The van der Waals surface area contributed by atoms with Gasteiger partial charge in [0.05, 0.1) is 17.0 Å². The van der Waals surface area contributed by atoms with E-state index in [1.165, 1.54) is 16.1 Å². The van der Waals surface area contributed by atoms with Crippen LogP contribution in [0.25, 0.3) is 0 Å². The number of piperidine rings is 1. The average Bonchev–Trinajstić information content (AvgIpc) is 2.86. The number of pyridine rings is 1. The molecule has 184 valence electrons. The Morgan fingerprint density at radius 3 is 2.47 bits per heavy atom. The van der Waals surface area contributed by atoms with E-state index in [9.17, 15) is 13.2 Å². The van der Waals surface area contributed by atoms with Crippen LogP contribution in [0.15, 0.2) is 36.5 Å². The molecule has 4 N–H and O–H groups in total. The summed E-state index contributed by atoms with van der Waals surface area (Å²) < 4.78 is 33.1. The van der Waals surface area contributed by atoms with E-state index in [2.05, 4.69) is 27.8 Å². The van der Waals surface area contributed by atoms with E-state index in [0.29, 0.717) is 37.7 Å². The van der Waals surface area contributed by atoms with Crippen molar-refractivity contribution in [3.8, 4) is 0 Å². The van der Waals surface area contributed by atoms with E-state index < -0.39 is 15.9 Å². The molecule has 0 radical (unpaired) electrons. The Kier molecular flexibility index (Phi) is 7.70. The highest BCUT2D eigenvalue weighted by Gasteiger charge is 2.33. The highest BCUT2D eigenvalue weighted by Crippen LogP contribution is 2.32. The minimum Gasteiger partial charge on any atom is -0.381 e. The molecule has 2 aliphatic rings. The van der Waals surface area contributed by atoms with Crippen molar-refractivity contribution in [1.29, 1.82) is 0 Å². The molecule has 2 aliphatic heterocycles. The number of rotatable bonds is 8. The Morgan fingerprint density at radius 1 is 1.18 bits per heavy atom. The lowest BCUT2D eigenvalue weighted by atomic mass is 9.92. The molecule has 1 aromatic carbocycles. The minimum atomic E-state index is -3.64. The quantitative estimate of drug-likeness (QED) is 0.522. The predicted molar refractivity (Wildman–Crippen MR) is 133 cm³/mol. The molecule has 1 aromatic heterocycles. The summed E-state index contributed by atoms with van der Waals surface area (Å²) in [5.74, 6) is 0.165. The van der Waals surface area contributed by atoms with Crippen LogP contribution in [0.1, 0.15) is 54.4 Å². The van der Waals surface area contributed by atoms with Gasteiger partial charge in [-0.15, -0.1) is 0 Å². The number of hydrogen-bond donors (Lipinski definition) is 3. The monoisotopic (exact) mass is 487 g/mol. The van der Waals surface area contributed by atoms with Crippen molar-refractivity contribution in [2.75, 3.05) is 41.7 Å². The fraction of sp³-hybridized carbons (Fsp3) is 0.500. The first-order valence-corrected chi connectivity index (χ1v) is 13.5. The summed E-state index contributed by atoms with van der Waals surface area (Å²) in [7, 11) is -3.64. The Bertz CT molecular complexity index is 1090. The molecule has 0 saturated carbocycles. The van der Waals surface area contributed by atoms with Gasteiger partial charge in [0.25, 0.3) is 5.91 Å². The molecule has 2 fully saturated rings. The molecule has 34 heavy (non-hydrogen) atoms. The molecule has 1 amide bonds. The maximum absolute atomic E-state index is 13.1. The van der Waals surface area contributed by atoms with Crippen LogP contribution < -0.4 is 20.7 Å². The highest BCUT2D eigenvalue weighted by molar-refractivity contribution is 7.92. The Hall–Kier alpha value is -2.69. The van der Waals surface area contributed by atoms with E-state index in [4.69, 9.17) is 10.5 Å². The molecular weight excluding hydrogens is 454 g/mol. The maximum atomic E-state index is 13.1. The van der Waals surface area contributed by atoms with Crippen LogP contribution in [0.2, 0.25) is 0 Å². The van der Waals surface area contributed by atoms with Gasteiger partial charge in [-0.25, -0.2) is 13.4 Å². The first-order valence-electron chi connectivity index (χ1n) is 11.9. The number of nitrogens with one attached hydrogen (secondary N) is 2. The van der Waals surface area contributed by atoms with Crippen molar-refractivity contribution < 1.29 is 17.9 Å². The number of nitrogens with zero attached hydrogens (tertiary/aromatic N) is 2. The first kappa shape index (κ1) is 24.4. The van der Waals surface area contributed by atoms with Gasteiger partial charge < -0.3 is 21.1 Å². The van der Waals surface area contributed by atoms with Crippen molar-refractivity contribution in [2.24, 2.45) is 5.73 Å². The highest BCUT2D eigenvalue weighted by atomic mass is 32.2. The lowest BCUT2D eigenvalue weighted by molar-refractivity contribution is 0.0853. The molecule has 10 heteroatoms. The number of nitrogens with two attached hydrogens (primary N) is 1.